The summed E-state index contributed by atoms with van der Waals surface area (Å²) in [6, 6.07) is 24.7. The lowest BCUT2D eigenvalue weighted by Gasteiger charge is -2.20. The number of anilines is 1. The van der Waals surface area contributed by atoms with Crippen LogP contribution in [0.25, 0.3) is 0 Å². The van der Waals surface area contributed by atoms with Gasteiger partial charge < -0.3 is 19.7 Å². The van der Waals surface area contributed by atoms with Crippen LogP contribution in [0.5, 0.6) is 5.75 Å². The number of benzene rings is 3. The molecule has 0 saturated carbocycles. The number of amidine groups is 1. The molecule has 3 aromatic carbocycles. The van der Waals surface area contributed by atoms with Crippen LogP contribution < -0.4 is 10.1 Å². The molecular formula is C28H26N4O4. The first-order valence-corrected chi connectivity index (χ1v) is 11.7. The Kier molecular flexibility index (Phi) is 6.66. The number of amides is 3. The Morgan fingerprint density at radius 1 is 1.00 bits per heavy atom. The highest BCUT2D eigenvalue weighted by molar-refractivity contribution is 6.06. The lowest BCUT2D eigenvalue weighted by Crippen LogP contribution is -2.32. The molecule has 36 heavy (non-hydrogen) atoms. The molecular weight excluding hydrogens is 456 g/mol. The lowest BCUT2D eigenvalue weighted by atomic mass is 10.1. The SMILES string of the molecule is Cc1ccccc1CN1CCN2C=C(C(=O)Nc3ccc(OCc4ccccc4)cc3)OC2=NC1=O. The molecule has 2 heterocycles. The maximum Gasteiger partial charge on any atom is 0.348 e. The Balaban J connectivity index is 1.16. The van der Waals surface area contributed by atoms with Gasteiger partial charge in [0.1, 0.15) is 12.4 Å². The predicted octanol–water partition coefficient (Wildman–Crippen LogP) is 4.68. The van der Waals surface area contributed by atoms with E-state index >= 15 is 0 Å². The van der Waals surface area contributed by atoms with E-state index in [2.05, 4.69) is 10.3 Å². The molecule has 1 N–H and O–H groups in total. The molecule has 3 amide bonds. The second-order valence-corrected chi connectivity index (χ2v) is 8.57. The number of ether oxygens (including phenoxy) is 2. The number of aliphatic imine (C=N–C) groups is 1. The van der Waals surface area contributed by atoms with E-state index < -0.39 is 11.9 Å². The second-order valence-electron chi connectivity index (χ2n) is 8.57. The fourth-order valence-electron chi connectivity index (χ4n) is 3.92. The number of rotatable bonds is 7. The zero-order valence-electron chi connectivity index (χ0n) is 19.9. The van der Waals surface area contributed by atoms with Gasteiger partial charge in [0.2, 0.25) is 5.76 Å². The summed E-state index contributed by atoms with van der Waals surface area (Å²) >= 11 is 0. The highest BCUT2D eigenvalue weighted by atomic mass is 16.5. The zero-order chi connectivity index (χ0) is 24.9. The summed E-state index contributed by atoms with van der Waals surface area (Å²) in [7, 11) is 0. The van der Waals surface area contributed by atoms with Gasteiger partial charge in [-0.3, -0.25) is 9.69 Å². The van der Waals surface area contributed by atoms with Crippen LogP contribution in [0.1, 0.15) is 16.7 Å². The summed E-state index contributed by atoms with van der Waals surface area (Å²) in [4.78, 5) is 32.9. The van der Waals surface area contributed by atoms with Crippen molar-refractivity contribution in [3.05, 3.63) is 108 Å². The first-order chi connectivity index (χ1) is 17.5. The van der Waals surface area contributed by atoms with Crippen LogP contribution in [-0.4, -0.2) is 40.8 Å². The summed E-state index contributed by atoms with van der Waals surface area (Å²) in [5.41, 5.74) is 3.86. The van der Waals surface area contributed by atoms with Gasteiger partial charge in [-0.1, -0.05) is 54.6 Å². The lowest BCUT2D eigenvalue weighted by molar-refractivity contribution is -0.114. The summed E-state index contributed by atoms with van der Waals surface area (Å²) in [6.45, 7) is 3.88. The van der Waals surface area contributed by atoms with Crippen molar-refractivity contribution in [2.45, 2.75) is 20.1 Å². The largest absolute Gasteiger partial charge is 0.489 e. The predicted molar refractivity (Wildman–Crippen MR) is 136 cm³/mol. The monoisotopic (exact) mass is 482 g/mol. The molecule has 3 aromatic rings. The number of fused-ring (bicyclic) bond motifs is 1. The third kappa shape index (κ3) is 5.38. The van der Waals surface area contributed by atoms with Crippen molar-refractivity contribution in [2.24, 2.45) is 4.99 Å². The smallest absolute Gasteiger partial charge is 0.348 e. The van der Waals surface area contributed by atoms with Crippen molar-refractivity contribution in [2.75, 3.05) is 18.4 Å². The molecule has 0 atom stereocenters. The summed E-state index contributed by atoms with van der Waals surface area (Å²) in [5, 5.41) is 2.80. The quantitative estimate of drug-likeness (QED) is 0.529. The van der Waals surface area contributed by atoms with Gasteiger partial charge in [0, 0.05) is 25.3 Å². The van der Waals surface area contributed by atoms with Crippen molar-refractivity contribution in [3.8, 4) is 5.75 Å². The number of hydrogen-bond donors (Lipinski definition) is 1. The second kappa shape index (κ2) is 10.4. The van der Waals surface area contributed by atoms with Gasteiger partial charge in [-0.25, -0.2) is 4.79 Å². The minimum atomic E-state index is -0.423. The van der Waals surface area contributed by atoms with E-state index in [0.29, 0.717) is 37.7 Å². The topological polar surface area (TPSA) is 83.5 Å². The third-order valence-electron chi connectivity index (χ3n) is 6.00. The van der Waals surface area contributed by atoms with Crippen molar-refractivity contribution in [1.82, 2.24) is 9.80 Å². The molecule has 182 valence electrons. The molecule has 0 saturated heterocycles. The zero-order valence-corrected chi connectivity index (χ0v) is 19.9. The van der Waals surface area contributed by atoms with Gasteiger partial charge in [0.15, 0.2) is 0 Å². The van der Waals surface area contributed by atoms with E-state index in [-0.39, 0.29) is 11.8 Å². The normalized spacial score (nSPS) is 14.9. The maximum absolute atomic E-state index is 12.8. The minimum Gasteiger partial charge on any atom is -0.489 e. The van der Waals surface area contributed by atoms with Crippen molar-refractivity contribution in [1.29, 1.82) is 0 Å². The number of carbonyl (C=O) groups is 2. The Morgan fingerprint density at radius 2 is 1.75 bits per heavy atom. The van der Waals surface area contributed by atoms with Crippen LogP contribution in [0.15, 0.2) is 95.8 Å². The van der Waals surface area contributed by atoms with Crippen LogP contribution in [0.2, 0.25) is 0 Å². The highest BCUT2D eigenvalue weighted by Gasteiger charge is 2.31. The standard InChI is InChI=1S/C28H26N4O4/c1-20-7-5-6-10-22(20)17-31-15-16-32-18-25(36-28(32)30-27(31)34)26(33)29-23-11-13-24(14-12-23)35-19-21-8-3-2-4-9-21/h2-14,18H,15-17,19H2,1H3,(H,29,33). The average Bonchev–Trinajstić information content (AvgIpc) is 3.24. The number of nitrogens with zero attached hydrogens (tertiary/aromatic N) is 3. The van der Waals surface area contributed by atoms with E-state index in [1.54, 1.807) is 40.3 Å². The fourth-order valence-corrected chi connectivity index (χ4v) is 3.92. The highest BCUT2D eigenvalue weighted by Crippen LogP contribution is 2.22. The third-order valence-corrected chi connectivity index (χ3v) is 6.00. The summed E-state index contributed by atoms with van der Waals surface area (Å²) in [6.07, 6.45) is 1.58. The van der Waals surface area contributed by atoms with Gasteiger partial charge in [-0.2, -0.15) is 0 Å². The van der Waals surface area contributed by atoms with E-state index in [0.717, 1.165) is 16.7 Å². The molecule has 2 aliphatic heterocycles. The number of nitrogens with one attached hydrogen (secondary N) is 1. The molecule has 5 rings (SSSR count). The average molecular weight is 483 g/mol. The van der Waals surface area contributed by atoms with Gasteiger partial charge in [0.05, 0.1) is 6.20 Å². The Hall–Kier alpha value is -4.59. The molecule has 0 radical (unpaired) electrons. The minimum absolute atomic E-state index is 0.0818. The van der Waals surface area contributed by atoms with Gasteiger partial charge in [-0.15, -0.1) is 4.99 Å². The molecule has 0 spiro atoms. The van der Waals surface area contributed by atoms with Gasteiger partial charge in [0.25, 0.3) is 5.91 Å². The number of aryl methyl sites for hydroxylation is 1. The van der Waals surface area contributed by atoms with Crippen LogP contribution in [0.4, 0.5) is 10.5 Å². The first-order valence-electron chi connectivity index (χ1n) is 11.7. The number of urea groups is 1. The number of hydrogen-bond acceptors (Lipinski definition) is 5. The van der Waals surface area contributed by atoms with E-state index in [1.165, 1.54) is 0 Å². The van der Waals surface area contributed by atoms with Crippen LogP contribution in [0.3, 0.4) is 0 Å². The van der Waals surface area contributed by atoms with E-state index in [9.17, 15) is 9.59 Å². The molecule has 8 heteroatoms. The molecule has 2 aliphatic rings. The van der Waals surface area contributed by atoms with Crippen molar-refractivity contribution >= 4 is 23.6 Å². The fraction of sp³-hybridized carbons (Fsp3) is 0.179. The molecule has 0 unspecified atom stereocenters. The summed E-state index contributed by atoms with van der Waals surface area (Å²) in [5.74, 6) is 0.357. The first kappa shape index (κ1) is 23.2. The Labute approximate surface area is 209 Å². The summed E-state index contributed by atoms with van der Waals surface area (Å²) < 4.78 is 11.4. The molecule has 0 bridgehead atoms. The van der Waals surface area contributed by atoms with Gasteiger partial charge >= 0.3 is 12.1 Å². The van der Waals surface area contributed by atoms with Gasteiger partial charge in [-0.05, 0) is 47.9 Å². The molecule has 0 aliphatic carbocycles. The Bertz CT molecular complexity index is 1320. The Morgan fingerprint density at radius 3 is 2.53 bits per heavy atom. The van der Waals surface area contributed by atoms with Crippen LogP contribution in [-0.2, 0) is 22.7 Å². The maximum atomic E-state index is 12.8. The van der Waals surface area contributed by atoms with Crippen molar-refractivity contribution < 1.29 is 19.1 Å². The van der Waals surface area contributed by atoms with Crippen molar-refractivity contribution in [3.63, 3.8) is 0 Å². The van der Waals surface area contributed by atoms with E-state index in [4.69, 9.17) is 9.47 Å². The van der Waals surface area contributed by atoms with Crippen LogP contribution >= 0.6 is 0 Å². The molecule has 0 aromatic heterocycles. The molecule has 0 fully saturated rings. The number of carbonyl (C=O) groups excluding carboxylic acids is 2. The van der Waals surface area contributed by atoms with E-state index in [1.807, 2.05) is 61.5 Å². The van der Waals surface area contributed by atoms with Crippen LogP contribution in [0, 0.1) is 6.92 Å². The molecule has 8 nitrogen and oxygen atoms in total.